The number of hydrogen-bond donors (Lipinski definition) is 5. The Labute approximate surface area is 294 Å². The molecule has 0 radical (unpaired) electrons. The van der Waals surface area contributed by atoms with E-state index in [4.69, 9.17) is 17.0 Å². The van der Waals surface area contributed by atoms with Crippen molar-refractivity contribution in [3.8, 4) is 5.75 Å². The highest BCUT2D eigenvalue weighted by Gasteiger charge is 2.50. The molecule has 0 saturated carbocycles. The van der Waals surface area contributed by atoms with Gasteiger partial charge in [0.25, 0.3) is 0 Å². The third-order valence-electron chi connectivity index (χ3n) is 9.59. The molecule has 2 heterocycles. The fourth-order valence-electron chi connectivity index (χ4n) is 6.90. The molecule has 11 heteroatoms. The molecule has 1 unspecified atom stereocenters. The lowest BCUT2D eigenvalue weighted by Gasteiger charge is -2.42. The Kier molecular flexibility index (Phi) is 13.0. The van der Waals surface area contributed by atoms with Gasteiger partial charge in [-0.2, -0.15) is 0 Å². The van der Waals surface area contributed by atoms with E-state index in [0.717, 1.165) is 28.9 Å². The number of amides is 3. The number of nitrogens with zero attached hydrogens (tertiary/aromatic N) is 1. The van der Waals surface area contributed by atoms with Gasteiger partial charge in [0.1, 0.15) is 17.8 Å². The van der Waals surface area contributed by atoms with Crippen LogP contribution in [0.3, 0.4) is 0 Å². The third kappa shape index (κ3) is 9.79. The summed E-state index contributed by atoms with van der Waals surface area (Å²) in [4.78, 5) is 43.2. The highest BCUT2D eigenvalue weighted by molar-refractivity contribution is 7.80. The van der Waals surface area contributed by atoms with Crippen LogP contribution in [-0.2, 0) is 33.8 Å². The van der Waals surface area contributed by atoms with Crippen molar-refractivity contribution in [1.82, 2.24) is 31.5 Å². The van der Waals surface area contributed by atoms with Crippen molar-refractivity contribution in [2.75, 3.05) is 27.2 Å². The smallest absolute Gasteiger partial charge is 0.246 e. The molecule has 3 aromatic carbocycles. The van der Waals surface area contributed by atoms with Crippen molar-refractivity contribution in [2.24, 2.45) is 5.92 Å². The van der Waals surface area contributed by atoms with Crippen molar-refractivity contribution in [1.29, 1.82) is 0 Å². The number of carbonyl (C=O) groups excluding carboxylic acids is 3. The Hall–Kier alpha value is -4.48. The van der Waals surface area contributed by atoms with Crippen LogP contribution in [0, 0.1) is 5.92 Å². The Morgan fingerprint density at radius 2 is 1.57 bits per heavy atom. The molecule has 2 aliphatic rings. The quantitative estimate of drug-likeness (QED) is 0.155. The zero-order valence-corrected chi connectivity index (χ0v) is 29.1. The van der Waals surface area contributed by atoms with Crippen molar-refractivity contribution in [3.63, 3.8) is 0 Å². The standard InChI is InChI=1S/C38H48N6O4S/c1-39-32(23-27-9-5-3-6-10-27)35(45)43-34-29(20-22-41-38(49)42-25-28-11-7-4-8-12-28)24-30-15-18-33(44(30)37(34)47)36(46)40-21-19-26-13-16-31(48-2)17-14-26/h3-14,16-17,29-30,32-34,39H,15,18-25H2,1-2H3,(H,40,46)(H,43,45)(H2,41,42,49)/t29-,30?,32+,33-,34-/m0/s1. The van der Waals surface area contributed by atoms with Gasteiger partial charge in [-0.15, -0.1) is 0 Å². The molecule has 2 saturated heterocycles. The topological polar surface area (TPSA) is 124 Å². The van der Waals surface area contributed by atoms with Crippen molar-refractivity contribution in [2.45, 2.75) is 69.2 Å². The molecular weight excluding hydrogens is 637 g/mol. The summed E-state index contributed by atoms with van der Waals surface area (Å²) in [5.41, 5.74) is 3.24. The number of nitrogens with one attached hydrogen (secondary N) is 5. The van der Waals surface area contributed by atoms with Gasteiger partial charge >= 0.3 is 0 Å². The summed E-state index contributed by atoms with van der Waals surface area (Å²) in [6.45, 7) is 1.62. The maximum absolute atomic E-state index is 14.3. The van der Waals surface area contributed by atoms with E-state index in [1.807, 2.05) is 84.9 Å². The van der Waals surface area contributed by atoms with Crippen LogP contribution in [0.2, 0.25) is 0 Å². The minimum Gasteiger partial charge on any atom is -0.497 e. The number of fused-ring (bicyclic) bond motifs is 1. The van der Waals surface area contributed by atoms with Gasteiger partial charge in [-0.05, 0) is 92.5 Å². The van der Waals surface area contributed by atoms with E-state index in [1.165, 1.54) is 0 Å². The summed E-state index contributed by atoms with van der Waals surface area (Å²) in [7, 11) is 3.38. The molecule has 3 aromatic rings. The van der Waals surface area contributed by atoms with Gasteiger partial charge in [-0.3, -0.25) is 14.4 Å². The SMILES string of the molecule is CN[C@H](Cc1ccccc1)C(=O)N[C@@H]1C(=O)N2C(CC[C@H]2C(=O)NCCc2ccc(OC)cc2)C[C@@H]1CCNC(=S)NCc1ccccc1. The zero-order chi connectivity index (χ0) is 34.6. The maximum Gasteiger partial charge on any atom is 0.246 e. The number of rotatable bonds is 15. The lowest BCUT2D eigenvalue weighted by Crippen LogP contribution is -2.63. The maximum atomic E-state index is 14.3. The summed E-state index contributed by atoms with van der Waals surface area (Å²) in [5, 5.41) is 16.4. The van der Waals surface area contributed by atoms with E-state index in [-0.39, 0.29) is 29.7 Å². The van der Waals surface area contributed by atoms with Crippen molar-refractivity contribution >= 4 is 35.1 Å². The monoisotopic (exact) mass is 684 g/mol. The largest absolute Gasteiger partial charge is 0.497 e. The fraction of sp³-hybridized carbons (Fsp3) is 0.421. The summed E-state index contributed by atoms with van der Waals surface area (Å²) in [6, 6.07) is 25.7. The van der Waals surface area contributed by atoms with Crippen LogP contribution in [0.15, 0.2) is 84.9 Å². The molecule has 49 heavy (non-hydrogen) atoms. The van der Waals surface area contributed by atoms with E-state index < -0.39 is 18.1 Å². The molecular formula is C38H48N6O4S. The van der Waals surface area contributed by atoms with Crippen LogP contribution < -0.4 is 31.3 Å². The minimum absolute atomic E-state index is 0.0597. The van der Waals surface area contributed by atoms with Gasteiger partial charge in [0.2, 0.25) is 17.7 Å². The molecule has 2 fully saturated rings. The molecule has 5 N–H and O–H groups in total. The van der Waals surface area contributed by atoms with Gasteiger partial charge in [-0.1, -0.05) is 72.8 Å². The second-order valence-corrected chi connectivity index (χ2v) is 13.2. The number of likely N-dealkylation sites (N-methyl/N-ethyl adjacent to an activating group) is 1. The minimum atomic E-state index is -0.754. The number of carbonyl (C=O) groups is 3. The first-order valence-corrected chi connectivity index (χ1v) is 17.6. The van der Waals surface area contributed by atoms with Crippen molar-refractivity contribution in [3.05, 3.63) is 102 Å². The van der Waals surface area contributed by atoms with Gasteiger partial charge in [0, 0.05) is 25.7 Å². The van der Waals surface area contributed by atoms with E-state index in [2.05, 4.69) is 26.6 Å². The number of piperidine rings is 1. The normalized spacial score (nSPS) is 20.5. The third-order valence-corrected chi connectivity index (χ3v) is 9.87. The first-order valence-electron chi connectivity index (χ1n) is 17.2. The highest BCUT2D eigenvalue weighted by atomic mass is 32.1. The van der Waals surface area contributed by atoms with E-state index in [9.17, 15) is 14.4 Å². The lowest BCUT2D eigenvalue weighted by molar-refractivity contribution is -0.148. The Bertz CT molecular complexity index is 1540. The van der Waals surface area contributed by atoms with Crippen molar-refractivity contribution < 1.29 is 19.1 Å². The molecule has 3 amide bonds. The van der Waals surface area contributed by atoms with Gasteiger partial charge in [-0.25, -0.2) is 0 Å². The predicted octanol–water partition coefficient (Wildman–Crippen LogP) is 3.10. The number of hydrogen-bond acceptors (Lipinski definition) is 6. The number of methoxy groups -OCH3 is 1. The highest BCUT2D eigenvalue weighted by Crippen LogP contribution is 2.36. The lowest BCUT2D eigenvalue weighted by atomic mass is 9.83. The molecule has 5 atom stereocenters. The van der Waals surface area contributed by atoms with Crippen LogP contribution in [0.1, 0.15) is 42.4 Å². The molecule has 10 nitrogen and oxygen atoms in total. The summed E-state index contributed by atoms with van der Waals surface area (Å²) in [6.07, 6.45) is 3.83. The second kappa shape index (κ2) is 17.8. The molecule has 0 spiro atoms. The van der Waals surface area contributed by atoms with Crippen LogP contribution >= 0.6 is 12.2 Å². The average Bonchev–Trinajstić information content (AvgIpc) is 3.56. The number of ether oxygens (including phenoxy) is 1. The Balaban J connectivity index is 1.22. The molecule has 260 valence electrons. The molecule has 5 rings (SSSR count). The average molecular weight is 685 g/mol. The van der Waals surface area contributed by atoms with Gasteiger partial charge in [0.15, 0.2) is 5.11 Å². The summed E-state index contributed by atoms with van der Waals surface area (Å²) in [5.74, 6) is 0.0880. The van der Waals surface area contributed by atoms with Gasteiger partial charge < -0.3 is 36.2 Å². The second-order valence-electron chi connectivity index (χ2n) is 12.8. The van der Waals surface area contributed by atoms with Crippen LogP contribution in [0.25, 0.3) is 0 Å². The van der Waals surface area contributed by atoms with Crippen LogP contribution in [0.5, 0.6) is 5.75 Å². The Morgan fingerprint density at radius 3 is 2.24 bits per heavy atom. The molecule has 0 bridgehead atoms. The van der Waals surface area contributed by atoms with E-state index >= 15 is 0 Å². The Morgan fingerprint density at radius 1 is 0.878 bits per heavy atom. The summed E-state index contributed by atoms with van der Waals surface area (Å²) < 4.78 is 5.23. The first kappa shape index (κ1) is 35.8. The van der Waals surface area contributed by atoms with E-state index in [0.29, 0.717) is 56.9 Å². The molecule has 0 aliphatic carbocycles. The number of benzene rings is 3. The first-order chi connectivity index (χ1) is 23.9. The fourth-order valence-corrected chi connectivity index (χ4v) is 7.07. The van der Waals surface area contributed by atoms with Crippen LogP contribution in [-0.4, -0.2) is 79.1 Å². The van der Waals surface area contributed by atoms with E-state index in [1.54, 1.807) is 19.1 Å². The summed E-state index contributed by atoms with van der Waals surface area (Å²) >= 11 is 5.53. The molecule has 2 aliphatic heterocycles. The van der Waals surface area contributed by atoms with Crippen LogP contribution in [0.4, 0.5) is 0 Å². The predicted molar refractivity (Wildman–Crippen MR) is 195 cm³/mol. The number of thiocarbonyl (C=S) groups is 1. The van der Waals surface area contributed by atoms with Gasteiger partial charge in [0.05, 0.1) is 13.2 Å². The molecule has 0 aromatic heterocycles. The zero-order valence-electron chi connectivity index (χ0n) is 28.3.